The second-order valence-corrected chi connectivity index (χ2v) is 4.05. The number of carbonyl (C=O) groups is 1. The van der Waals surface area contributed by atoms with Crippen LogP contribution in [0.1, 0.15) is 23.4 Å². The number of hydrogen-bond acceptors (Lipinski definition) is 4. The molecule has 4 nitrogen and oxygen atoms in total. The third-order valence-corrected chi connectivity index (χ3v) is 2.84. The first-order valence-corrected chi connectivity index (χ1v) is 5.46. The van der Waals surface area contributed by atoms with Crippen molar-refractivity contribution in [3.05, 3.63) is 16.1 Å². The van der Waals surface area contributed by atoms with Crippen molar-refractivity contribution in [2.75, 3.05) is 6.54 Å². The largest absolute Gasteiger partial charge is 0.370 e. The molecule has 0 aliphatic heterocycles. The van der Waals surface area contributed by atoms with Gasteiger partial charge in [0.15, 0.2) is 0 Å². The molecule has 0 bridgehead atoms. The highest BCUT2D eigenvalue weighted by Crippen LogP contribution is 2.10. The van der Waals surface area contributed by atoms with Crippen molar-refractivity contribution < 1.29 is 4.79 Å². The van der Waals surface area contributed by atoms with Crippen LogP contribution in [0.4, 0.5) is 0 Å². The van der Waals surface area contributed by atoms with E-state index in [4.69, 9.17) is 5.73 Å². The summed E-state index contributed by atoms with van der Waals surface area (Å²) in [4.78, 5) is 15.8. The van der Waals surface area contributed by atoms with E-state index < -0.39 is 0 Å². The van der Waals surface area contributed by atoms with Crippen LogP contribution in [0.2, 0.25) is 0 Å². The van der Waals surface area contributed by atoms with E-state index in [1.54, 1.807) is 11.3 Å². The number of aryl methyl sites for hydroxylation is 1. The molecule has 0 atom stereocenters. The summed E-state index contributed by atoms with van der Waals surface area (Å²) in [6, 6.07) is 0. The second-order valence-electron chi connectivity index (χ2n) is 3.11. The number of rotatable bonds is 6. The van der Waals surface area contributed by atoms with Crippen LogP contribution in [0.3, 0.4) is 0 Å². The molecule has 78 valence electrons. The van der Waals surface area contributed by atoms with Gasteiger partial charge in [0.05, 0.1) is 11.2 Å². The highest BCUT2D eigenvalue weighted by molar-refractivity contribution is 7.09. The van der Waals surface area contributed by atoms with Gasteiger partial charge in [-0.25, -0.2) is 4.98 Å². The highest BCUT2D eigenvalue weighted by Gasteiger charge is 2.00. The molecule has 1 aromatic rings. The number of nitrogens with two attached hydrogens (primary N) is 1. The van der Waals surface area contributed by atoms with E-state index >= 15 is 0 Å². The number of amides is 1. The van der Waals surface area contributed by atoms with Crippen LogP contribution in [-0.4, -0.2) is 17.4 Å². The first-order chi connectivity index (χ1) is 6.70. The van der Waals surface area contributed by atoms with Gasteiger partial charge in [-0.1, -0.05) is 0 Å². The third-order valence-electron chi connectivity index (χ3n) is 1.91. The van der Waals surface area contributed by atoms with Gasteiger partial charge in [-0.15, -0.1) is 11.3 Å². The Morgan fingerprint density at radius 3 is 3.07 bits per heavy atom. The zero-order valence-electron chi connectivity index (χ0n) is 8.25. The second kappa shape index (κ2) is 5.72. The molecular formula is C9H15N3OS. The topological polar surface area (TPSA) is 68.0 Å². The highest BCUT2D eigenvalue weighted by atomic mass is 32.1. The molecule has 14 heavy (non-hydrogen) atoms. The minimum absolute atomic E-state index is 0.235. The van der Waals surface area contributed by atoms with Gasteiger partial charge in [0.2, 0.25) is 5.91 Å². The molecule has 0 fully saturated rings. The lowest BCUT2D eigenvalue weighted by molar-refractivity contribution is -0.118. The van der Waals surface area contributed by atoms with Crippen LogP contribution in [-0.2, 0) is 11.3 Å². The first-order valence-electron chi connectivity index (χ1n) is 4.58. The predicted octanol–water partition coefficient (Wildman–Crippen LogP) is 0.807. The maximum atomic E-state index is 10.4. The van der Waals surface area contributed by atoms with Crippen molar-refractivity contribution in [1.82, 2.24) is 10.3 Å². The molecule has 0 saturated carbocycles. The summed E-state index contributed by atoms with van der Waals surface area (Å²) < 4.78 is 0. The fourth-order valence-corrected chi connectivity index (χ4v) is 1.83. The molecule has 0 spiro atoms. The fraction of sp³-hybridized carbons (Fsp3) is 0.556. The Kier molecular flexibility index (Phi) is 4.55. The van der Waals surface area contributed by atoms with Crippen molar-refractivity contribution in [3.63, 3.8) is 0 Å². The Balaban J connectivity index is 2.10. The van der Waals surface area contributed by atoms with Crippen molar-refractivity contribution in [1.29, 1.82) is 0 Å². The van der Waals surface area contributed by atoms with Gasteiger partial charge in [-0.3, -0.25) is 4.79 Å². The van der Waals surface area contributed by atoms with Crippen molar-refractivity contribution in [3.8, 4) is 0 Å². The lowest BCUT2D eigenvalue weighted by atomic mass is 10.3. The number of aromatic nitrogens is 1. The van der Waals surface area contributed by atoms with Crippen LogP contribution >= 0.6 is 11.3 Å². The zero-order valence-corrected chi connectivity index (χ0v) is 9.06. The van der Waals surface area contributed by atoms with Gasteiger partial charge >= 0.3 is 0 Å². The molecule has 0 radical (unpaired) electrons. The lowest BCUT2D eigenvalue weighted by Gasteiger charge is -2.01. The van der Waals surface area contributed by atoms with Crippen LogP contribution < -0.4 is 11.1 Å². The van der Waals surface area contributed by atoms with Gasteiger partial charge in [0.1, 0.15) is 0 Å². The fourth-order valence-electron chi connectivity index (χ4n) is 1.09. The molecule has 1 rings (SSSR count). The molecule has 1 heterocycles. The summed E-state index contributed by atoms with van der Waals surface area (Å²) in [5, 5.41) is 3.25. The number of hydrogen-bond donors (Lipinski definition) is 2. The smallest absolute Gasteiger partial charge is 0.217 e. The molecule has 1 aromatic heterocycles. The molecule has 0 aromatic carbocycles. The SMILES string of the molecule is Cc1ncsc1CNCCCC(N)=O. The summed E-state index contributed by atoms with van der Waals surface area (Å²) in [5.41, 5.74) is 7.94. The summed E-state index contributed by atoms with van der Waals surface area (Å²) in [7, 11) is 0. The number of thiazole rings is 1. The van der Waals surface area contributed by atoms with Crippen LogP contribution in [0.5, 0.6) is 0 Å². The normalized spacial score (nSPS) is 10.4. The van der Waals surface area contributed by atoms with E-state index in [1.807, 2.05) is 12.4 Å². The average Bonchev–Trinajstić information content (AvgIpc) is 2.51. The summed E-state index contributed by atoms with van der Waals surface area (Å²) in [5.74, 6) is -0.235. The number of nitrogens with one attached hydrogen (secondary N) is 1. The minimum Gasteiger partial charge on any atom is -0.370 e. The molecule has 3 N–H and O–H groups in total. The summed E-state index contributed by atoms with van der Waals surface area (Å²) in [6.07, 6.45) is 1.25. The van der Waals surface area contributed by atoms with Crippen molar-refractivity contribution in [2.45, 2.75) is 26.3 Å². The molecule has 0 saturated heterocycles. The number of primary amides is 1. The third kappa shape index (κ3) is 3.85. The van der Waals surface area contributed by atoms with E-state index in [-0.39, 0.29) is 5.91 Å². The van der Waals surface area contributed by atoms with Crippen LogP contribution in [0.25, 0.3) is 0 Å². The Morgan fingerprint density at radius 1 is 1.71 bits per heavy atom. The lowest BCUT2D eigenvalue weighted by Crippen LogP contribution is -2.18. The Morgan fingerprint density at radius 2 is 2.50 bits per heavy atom. The molecule has 0 unspecified atom stereocenters. The summed E-state index contributed by atoms with van der Waals surface area (Å²) >= 11 is 1.65. The van der Waals surface area contributed by atoms with Crippen molar-refractivity contribution >= 4 is 17.2 Å². The van der Waals surface area contributed by atoms with E-state index in [0.717, 1.165) is 25.2 Å². The van der Waals surface area contributed by atoms with Crippen molar-refractivity contribution in [2.24, 2.45) is 5.73 Å². The Labute approximate surface area is 87.5 Å². The molecule has 0 aliphatic carbocycles. The van der Waals surface area contributed by atoms with E-state index in [2.05, 4.69) is 10.3 Å². The Bertz CT molecular complexity index is 298. The van der Waals surface area contributed by atoms with E-state index in [0.29, 0.717) is 6.42 Å². The van der Waals surface area contributed by atoms with Crippen LogP contribution in [0, 0.1) is 6.92 Å². The van der Waals surface area contributed by atoms with Gasteiger partial charge in [0.25, 0.3) is 0 Å². The van der Waals surface area contributed by atoms with Gasteiger partial charge in [0, 0.05) is 17.8 Å². The predicted molar refractivity (Wildman–Crippen MR) is 57.0 cm³/mol. The standard InChI is InChI=1S/C9H15N3OS/c1-7-8(14-6-12-7)5-11-4-2-3-9(10)13/h6,11H,2-5H2,1H3,(H2,10,13). The number of carbonyl (C=O) groups excluding carboxylic acids is 1. The Hall–Kier alpha value is -0.940. The monoisotopic (exact) mass is 213 g/mol. The quantitative estimate of drug-likeness (QED) is 0.687. The van der Waals surface area contributed by atoms with E-state index in [9.17, 15) is 4.79 Å². The number of nitrogens with zero attached hydrogens (tertiary/aromatic N) is 1. The maximum Gasteiger partial charge on any atom is 0.217 e. The zero-order chi connectivity index (χ0) is 10.4. The molecule has 1 amide bonds. The average molecular weight is 213 g/mol. The molecule has 5 heteroatoms. The summed E-state index contributed by atoms with van der Waals surface area (Å²) in [6.45, 7) is 3.65. The maximum absolute atomic E-state index is 10.4. The van der Waals surface area contributed by atoms with Crippen LogP contribution in [0.15, 0.2) is 5.51 Å². The van der Waals surface area contributed by atoms with E-state index in [1.165, 1.54) is 4.88 Å². The molecule has 0 aliphatic rings. The molecular weight excluding hydrogens is 198 g/mol. The first kappa shape index (κ1) is 11.1. The minimum atomic E-state index is -0.235. The van der Waals surface area contributed by atoms with Gasteiger partial charge in [-0.05, 0) is 19.9 Å². The van der Waals surface area contributed by atoms with Gasteiger partial charge < -0.3 is 11.1 Å². The van der Waals surface area contributed by atoms with Gasteiger partial charge in [-0.2, -0.15) is 0 Å².